The summed E-state index contributed by atoms with van der Waals surface area (Å²) >= 11 is 5.81. The Morgan fingerprint density at radius 3 is 2.62 bits per heavy atom. The van der Waals surface area contributed by atoms with Crippen molar-refractivity contribution >= 4 is 23.4 Å². The molecule has 1 aromatic heterocycles. The number of nitrogens with zero attached hydrogens (tertiary/aromatic N) is 1. The van der Waals surface area contributed by atoms with E-state index >= 15 is 0 Å². The second kappa shape index (κ2) is 7.64. The number of aromatic nitrogens is 1. The Balaban J connectivity index is 2.04. The van der Waals surface area contributed by atoms with Gasteiger partial charge in [-0.15, -0.1) is 0 Å². The van der Waals surface area contributed by atoms with E-state index in [9.17, 15) is 4.79 Å². The molecule has 4 nitrogen and oxygen atoms in total. The van der Waals surface area contributed by atoms with Gasteiger partial charge in [0, 0.05) is 18.7 Å². The second-order valence-electron chi connectivity index (χ2n) is 4.83. The first kappa shape index (κ1) is 15.3. The smallest absolute Gasteiger partial charge is 0.303 e. The number of pyridine rings is 1. The van der Waals surface area contributed by atoms with Gasteiger partial charge >= 0.3 is 5.97 Å². The van der Waals surface area contributed by atoms with Gasteiger partial charge in [-0.3, -0.25) is 4.79 Å². The number of aliphatic carboxylic acids is 1. The quantitative estimate of drug-likeness (QED) is 0.820. The van der Waals surface area contributed by atoms with Gasteiger partial charge in [-0.05, 0) is 30.5 Å². The molecule has 0 fully saturated rings. The van der Waals surface area contributed by atoms with E-state index < -0.39 is 5.97 Å². The molecular formula is C16H17ClN2O2. The zero-order valence-electron chi connectivity index (χ0n) is 11.5. The van der Waals surface area contributed by atoms with E-state index in [1.54, 1.807) is 18.3 Å². The summed E-state index contributed by atoms with van der Waals surface area (Å²) in [5.41, 5.74) is 1.16. The number of hydrogen-bond donors (Lipinski definition) is 2. The van der Waals surface area contributed by atoms with Gasteiger partial charge in [-0.2, -0.15) is 0 Å². The number of hydrogen-bond acceptors (Lipinski definition) is 3. The SMILES string of the molecule is O=C(O)CCC(Cc1ccccc1)Nc1ccc(Cl)cn1. The first-order valence-electron chi connectivity index (χ1n) is 6.77. The minimum atomic E-state index is -0.793. The molecule has 0 amide bonds. The molecule has 2 N–H and O–H groups in total. The monoisotopic (exact) mass is 304 g/mol. The lowest BCUT2D eigenvalue weighted by Crippen LogP contribution is -2.24. The van der Waals surface area contributed by atoms with Crippen molar-refractivity contribution in [3.8, 4) is 0 Å². The predicted octanol–water partition coefficient (Wildman–Crippen LogP) is 3.62. The molecule has 0 bridgehead atoms. The Kier molecular flexibility index (Phi) is 5.58. The maximum atomic E-state index is 10.8. The average molecular weight is 305 g/mol. The molecular weight excluding hydrogens is 288 g/mol. The van der Waals surface area contributed by atoms with Crippen molar-refractivity contribution in [3.63, 3.8) is 0 Å². The minimum absolute atomic E-state index is 0.0113. The van der Waals surface area contributed by atoms with Crippen molar-refractivity contribution in [1.29, 1.82) is 0 Å². The summed E-state index contributed by atoms with van der Waals surface area (Å²) in [6, 6.07) is 13.5. The van der Waals surface area contributed by atoms with Crippen LogP contribution >= 0.6 is 11.6 Å². The number of carboxylic acids is 1. The highest BCUT2D eigenvalue weighted by atomic mass is 35.5. The zero-order valence-corrected chi connectivity index (χ0v) is 12.3. The van der Waals surface area contributed by atoms with Gasteiger partial charge in [0.25, 0.3) is 0 Å². The fraction of sp³-hybridized carbons (Fsp3) is 0.250. The molecule has 0 aliphatic rings. The van der Waals surface area contributed by atoms with Gasteiger partial charge < -0.3 is 10.4 Å². The highest BCUT2D eigenvalue weighted by molar-refractivity contribution is 6.30. The molecule has 1 unspecified atom stereocenters. The molecule has 110 valence electrons. The maximum Gasteiger partial charge on any atom is 0.303 e. The first-order valence-corrected chi connectivity index (χ1v) is 7.15. The Labute approximate surface area is 128 Å². The standard InChI is InChI=1S/C16H17ClN2O2/c17-13-6-8-15(18-11-13)19-14(7-9-16(20)21)10-12-4-2-1-3-5-12/h1-6,8,11,14H,7,9-10H2,(H,18,19)(H,20,21). The first-order chi connectivity index (χ1) is 10.1. The minimum Gasteiger partial charge on any atom is -0.481 e. The summed E-state index contributed by atoms with van der Waals surface area (Å²) in [6.45, 7) is 0. The summed E-state index contributed by atoms with van der Waals surface area (Å²) in [5, 5.41) is 12.7. The Morgan fingerprint density at radius 2 is 2.00 bits per heavy atom. The maximum absolute atomic E-state index is 10.8. The summed E-state index contributed by atoms with van der Waals surface area (Å²) in [4.78, 5) is 15.0. The molecule has 2 rings (SSSR count). The molecule has 21 heavy (non-hydrogen) atoms. The van der Waals surface area contributed by atoms with Crippen LogP contribution in [0.5, 0.6) is 0 Å². The third kappa shape index (κ3) is 5.44. The van der Waals surface area contributed by atoms with Crippen LogP contribution in [0, 0.1) is 0 Å². The fourth-order valence-electron chi connectivity index (χ4n) is 2.09. The van der Waals surface area contributed by atoms with Crippen molar-refractivity contribution in [3.05, 3.63) is 59.2 Å². The van der Waals surface area contributed by atoms with Crippen molar-refractivity contribution < 1.29 is 9.90 Å². The van der Waals surface area contributed by atoms with Crippen LogP contribution in [0.4, 0.5) is 5.82 Å². The van der Waals surface area contributed by atoms with Crippen molar-refractivity contribution in [2.24, 2.45) is 0 Å². The van der Waals surface area contributed by atoms with Crippen LogP contribution in [0.2, 0.25) is 5.02 Å². The fourth-order valence-corrected chi connectivity index (χ4v) is 2.20. The van der Waals surface area contributed by atoms with Crippen LogP contribution in [0.3, 0.4) is 0 Å². The highest BCUT2D eigenvalue weighted by Gasteiger charge is 2.12. The molecule has 0 radical (unpaired) electrons. The third-order valence-electron chi connectivity index (χ3n) is 3.11. The number of anilines is 1. The summed E-state index contributed by atoms with van der Waals surface area (Å²) in [7, 11) is 0. The van der Waals surface area contributed by atoms with Gasteiger partial charge in [0.2, 0.25) is 0 Å². The largest absolute Gasteiger partial charge is 0.481 e. The number of nitrogens with one attached hydrogen (secondary N) is 1. The zero-order chi connectivity index (χ0) is 15.1. The van der Waals surface area contributed by atoms with Crippen molar-refractivity contribution in [2.45, 2.75) is 25.3 Å². The second-order valence-corrected chi connectivity index (χ2v) is 5.26. The van der Waals surface area contributed by atoms with Crippen LogP contribution in [0.25, 0.3) is 0 Å². The molecule has 0 aliphatic heterocycles. The lowest BCUT2D eigenvalue weighted by atomic mass is 10.0. The molecule has 1 atom stereocenters. The summed E-state index contributed by atoms with van der Waals surface area (Å²) in [6.07, 6.45) is 2.98. The molecule has 1 heterocycles. The van der Waals surface area contributed by atoms with Crippen molar-refractivity contribution in [1.82, 2.24) is 4.98 Å². The Bertz CT molecular complexity index is 573. The molecule has 0 saturated heterocycles. The highest BCUT2D eigenvalue weighted by Crippen LogP contribution is 2.15. The van der Waals surface area contributed by atoms with Crippen LogP contribution in [-0.2, 0) is 11.2 Å². The predicted molar refractivity (Wildman–Crippen MR) is 83.7 cm³/mol. The van der Waals surface area contributed by atoms with E-state index in [4.69, 9.17) is 16.7 Å². The number of carbonyl (C=O) groups is 1. The van der Waals surface area contributed by atoms with Crippen molar-refractivity contribution in [2.75, 3.05) is 5.32 Å². The number of rotatable bonds is 7. The summed E-state index contributed by atoms with van der Waals surface area (Å²) in [5.74, 6) is -0.0929. The summed E-state index contributed by atoms with van der Waals surface area (Å²) < 4.78 is 0. The van der Waals surface area contributed by atoms with Crippen LogP contribution in [0.15, 0.2) is 48.7 Å². The van der Waals surface area contributed by atoms with E-state index in [0.29, 0.717) is 17.3 Å². The third-order valence-corrected chi connectivity index (χ3v) is 3.33. The number of benzene rings is 1. The van der Waals surface area contributed by atoms with E-state index in [-0.39, 0.29) is 12.5 Å². The number of halogens is 1. The van der Waals surface area contributed by atoms with E-state index in [2.05, 4.69) is 10.3 Å². The van der Waals surface area contributed by atoms with Gasteiger partial charge in [0.1, 0.15) is 5.82 Å². The average Bonchev–Trinajstić information content (AvgIpc) is 2.48. The topological polar surface area (TPSA) is 62.2 Å². The van der Waals surface area contributed by atoms with Crippen LogP contribution < -0.4 is 5.32 Å². The molecule has 0 spiro atoms. The Morgan fingerprint density at radius 1 is 1.24 bits per heavy atom. The lowest BCUT2D eigenvalue weighted by Gasteiger charge is -2.19. The number of carboxylic acid groups (broad SMARTS) is 1. The van der Waals surface area contributed by atoms with E-state index in [1.807, 2.05) is 30.3 Å². The lowest BCUT2D eigenvalue weighted by molar-refractivity contribution is -0.137. The molecule has 0 saturated carbocycles. The molecule has 1 aromatic carbocycles. The molecule has 2 aromatic rings. The van der Waals surface area contributed by atoms with E-state index in [1.165, 1.54) is 0 Å². The van der Waals surface area contributed by atoms with Gasteiger partial charge in [-0.1, -0.05) is 41.9 Å². The van der Waals surface area contributed by atoms with Gasteiger partial charge in [0.05, 0.1) is 5.02 Å². The van der Waals surface area contributed by atoms with Gasteiger partial charge in [-0.25, -0.2) is 4.98 Å². The van der Waals surface area contributed by atoms with Crippen LogP contribution in [-0.4, -0.2) is 22.1 Å². The molecule has 5 heteroatoms. The Hall–Kier alpha value is -2.07. The van der Waals surface area contributed by atoms with E-state index in [0.717, 1.165) is 12.0 Å². The normalized spacial score (nSPS) is 11.9. The molecule has 0 aliphatic carbocycles. The van der Waals surface area contributed by atoms with Crippen LogP contribution in [0.1, 0.15) is 18.4 Å². The van der Waals surface area contributed by atoms with Gasteiger partial charge in [0.15, 0.2) is 0 Å².